The Bertz CT molecular complexity index is 379. The maximum absolute atomic E-state index is 8.68. The molecule has 1 rings (SSSR count). The quantitative estimate of drug-likeness (QED) is 0.596. The smallest absolute Gasteiger partial charge is 0.164 e. The molecule has 0 bridgehead atoms. The fourth-order valence-electron chi connectivity index (χ4n) is 2.19. The van der Waals surface area contributed by atoms with Gasteiger partial charge in [0.2, 0.25) is 0 Å². The van der Waals surface area contributed by atoms with Gasteiger partial charge in [-0.1, -0.05) is 32.1 Å². The molecular weight excluding hydrogens is 268 g/mol. The summed E-state index contributed by atoms with van der Waals surface area (Å²) in [5.41, 5.74) is 0. The molecule has 0 saturated heterocycles. The SMILES string of the molecule is COc1ccc(OCCCCCCCCCO)cc1OC. The number of unbranched alkanes of at least 4 members (excludes halogenated alkanes) is 6. The topological polar surface area (TPSA) is 47.9 Å². The second-order valence-corrected chi connectivity index (χ2v) is 5.06. The van der Waals surface area contributed by atoms with Crippen LogP contribution in [0.15, 0.2) is 18.2 Å². The van der Waals surface area contributed by atoms with Gasteiger partial charge in [0.25, 0.3) is 0 Å². The Morgan fingerprint density at radius 1 is 0.810 bits per heavy atom. The molecular formula is C17H28O4. The van der Waals surface area contributed by atoms with Gasteiger partial charge in [-0.3, -0.25) is 0 Å². The molecule has 1 aromatic rings. The second kappa shape index (κ2) is 11.3. The van der Waals surface area contributed by atoms with Crippen molar-refractivity contribution in [3.63, 3.8) is 0 Å². The summed E-state index contributed by atoms with van der Waals surface area (Å²) in [6, 6.07) is 5.61. The molecule has 4 nitrogen and oxygen atoms in total. The highest BCUT2D eigenvalue weighted by Gasteiger charge is 2.04. The van der Waals surface area contributed by atoms with Crippen LogP contribution in [-0.4, -0.2) is 32.5 Å². The van der Waals surface area contributed by atoms with Crippen molar-refractivity contribution in [1.82, 2.24) is 0 Å². The number of rotatable bonds is 12. The normalized spacial score (nSPS) is 10.4. The van der Waals surface area contributed by atoms with Crippen molar-refractivity contribution in [2.75, 3.05) is 27.4 Å². The van der Waals surface area contributed by atoms with Crippen molar-refractivity contribution in [2.45, 2.75) is 44.9 Å². The highest BCUT2D eigenvalue weighted by atomic mass is 16.5. The first-order chi connectivity index (χ1) is 10.3. The third-order valence-electron chi connectivity index (χ3n) is 3.43. The lowest BCUT2D eigenvalue weighted by Crippen LogP contribution is -1.98. The van der Waals surface area contributed by atoms with E-state index in [9.17, 15) is 0 Å². The summed E-state index contributed by atoms with van der Waals surface area (Å²) in [6.45, 7) is 1.05. The van der Waals surface area contributed by atoms with Crippen molar-refractivity contribution in [3.05, 3.63) is 18.2 Å². The van der Waals surface area contributed by atoms with Crippen LogP contribution in [0.2, 0.25) is 0 Å². The van der Waals surface area contributed by atoms with Crippen LogP contribution in [0.25, 0.3) is 0 Å². The molecule has 0 fully saturated rings. The van der Waals surface area contributed by atoms with E-state index in [1.807, 2.05) is 18.2 Å². The minimum Gasteiger partial charge on any atom is -0.493 e. The molecule has 0 aliphatic carbocycles. The van der Waals surface area contributed by atoms with E-state index in [4.69, 9.17) is 19.3 Å². The van der Waals surface area contributed by atoms with Crippen molar-refractivity contribution in [2.24, 2.45) is 0 Å². The van der Waals surface area contributed by atoms with Gasteiger partial charge in [0.1, 0.15) is 5.75 Å². The summed E-state index contributed by atoms with van der Waals surface area (Å²) in [4.78, 5) is 0. The van der Waals surface area contributed by atoms with Crippen molar-refractivity contribution in [3.8, 4) is 17.2 Å². The molecule has 0 amide bonds. The van der Waals surface area contributed by atoms with Gasteiger partial charge < -0.3 is 19.3 Å². The lowest BCUT2D eigenvalue weighted by atomic mass is 10.1. The Morgan fingerprint density at radius 3 is 2.05 bits per heavy atom. The zero-order valence-electron chi connectivity index (χ0n) is 13.3. The van der Waals surface area contributed by atoms with E-state index in [0.717, 1.165) is 31.6 Å². The van der Waals surface area contributed by atoms with Crippen LogP contribution in [0.5, 0.6) is 17.2 Å². The van der Waals surface area contributed by atoms with E-state index in [2.05, 4.69) is 0 Å². The van der Waals surface area contributed by atoms with Crippen LogP contribution in [-0.2, 0) is 0 Å². The number of hydrogen-bond donors (Lipinski definition) is 1. The zero-order chi connectivity index (χ0) is 15.3. The van der Waals surface area contributed by atoms with E-state index >= 15 is 0 Å². The molecule has 0 aliphatic rings. The molecule has 0 atom stereocenters. The first kappa shape index (κ1) is 17.6. The molecule has 0 aliphatic heterocycles. The maximum Gasteiger partial charge on any atom is 0.164 e. The number of aliphatic hydroxyl groups is 1. The molecule has 4 heteroatoms. The molecule has 0 spiro atoms. The fourth-order valence-corrected chi connectivity index (χ4v) is 2.19. The predicted molar refractivity (Wildman–Crippen MR) is 84.4 cm³/mol. The van der Waals surface area contributed by atoms with Crippen molar-refractivity contribution >= 4 is 0 Å². The van der Waals surface area contributed by atoms with Gasteiger partial charge in [-0.15, -0.1) is 0 Å². The first-order valence-corrected chi connectivity index (χ1v) is 7.77. The first-order valence-electron chi connectivity index (χ1n) is 7.77. The maximum atomic E-state index is 8.68. The molecule has 0 radical (unpaired) electrons. The number of hydrogen-bond acceptors (Lipinski definition) is 4. The largest absolute Gasteiger partial charge is 0.493 e. The highest BCUT2D eigenvalue weighted by molar-refractivity contribution is 5.45. The number of methoxy groups -OCH3 is 2. The summed E-state index contributed by atoms with van der Waals surface area (Å²) < 4.78 is 16.2. The van der Waals surface area contributed by atoms with Gasteiger partial charge in [-0.05, 0) is 25.0 Å². The van der Waals surface area contributed by atoms with Gasteiger partial charge in [-0.25, -0.2) is 0 Å². The standard InChI is InChI=1S/C17H28O4/c1-19-16-11-10-15(14-17(16)20-2)21-13-9-7-5-3-4-6-8-12-18/h10-11,14,18H,3-9,12-13H2,1-2H3. The summed E-state index contributed by atoms with van der Waals surface area (Å²) in [5.74, 6) is 2.22. The van der Waals surface area contributed by atoms with Gasteiger partial charge in [0.05, 0.1) is 20.8 Å². The summed E-state index contributed by atoms with van der Waals surface area (Å²) in [5, 5.41) is 8.68. The zero-order valence-corrected chi connectivity index (χ0v) is 13.3. The van der Waals surface area contributed by atoms with Gasteiger partial charge in [0, 0.05) is 12.7 Å². The lowest BCUT2D eigenvalue weighted by molar-refractivity contribution is 0.281. The Hall–Kier alpha value is -1.42. The van der Waals surface area contributed by atoms with Gasteiger partial charge >= 0.3 is 0 Å². The van der Waals surface area contributed by atoms with Gasteiger partial charge in [0.15, 0.2) is 11.5 Å². The van der Waals surface area contributed by atoms with E-state index in [1.165, 1.54) is 25.7 Å². The summed E-state index contributed by atoms with van der Waals surface area (Å²) in [6.07, 6.45) is 8.02. The molecule has 21 heavy (non-hydrogen) atoms. The molecule has 0 saturated carbocycles. The van der Waals surface area contributed by atoms with E-state index < -0.39 is 0 Å². The Labute approximate surface area is 128 Å². The van der Waals surface area contributed by atoms with E-state index in [1.54, 1.807) is 14.2 Å². The Kier molecular flexibility index (Phi) is 9.46. The Morgan fingerprint density at radius 2 is 1.43 bits per heavy atom. The van der Waals surface area contributed by atoms with Crippen LogP contribution in [0.3, 0.4) is 0 Å². The monoisotopic (exact) mass is 296 g/mol. The fraction of sp³-hybridized carbons (Fsp3) is 0.647. The number of aliphatic hydroxyl groups excluding tert-OH is 1. The van der Waals surface area contributed by atoms with Crippen LogP contribution in [0.1, 0.15) is 44.9 Å². The van der Waals surface area contributed by atoms with E-state index in [-0.39, 0.29) is 0 Å². The second-order valence-electron chi connectivity index (χ2n) is 5.06. The van der Waals surface area contributed by atoms with Crippen LogP contribution in [0, 0.1) is 0 Å². The summed E-state index contributed by atoms with van der Waals surface area (Å²) >= 11 is 0. The van der Waals surface area contributed by atoms with Crippen LogP contribution < -0.4 is 14.2 Å². The minimum absolute atomic E-state index is 0.319. The average molecular weight is 296 g/mol. The molecule has 0 aromatic heterocycles. The lowest BCUT2D eigenvalue weighted by Gasteiger charge is -2.10. The third-order valence-corrected chi connectivity index (χ3v) is 3.43. The number of benzene rings is 1. The third kappa shape index (κ3) is 7.23. The molecule has 0 unspecified atom stereocenters. The summed E-state index contributed by atoms with van der Waals surface area (Å²) in [7, 11) is 3.25. The van der Waals surface area contributed by atoms with E-state index in [0.29, 0.717) is 18.1 Å². The van der Waals surface area contributed by atoms with Crippen molar-refractivity contribution < 1.29 is 19.3 Å². The predicted octanol–water partition coefficient (Wildman–Crippen LogP) is 3.81. The number of ether oxygens (including phenoxy) is 3. The van der Waals surface area contributed by atoms with Crippen LogP contribution in [0.4, 0.5) is 0 Å². The minimum atomic E-state index is 0.319. The molecule has 0 heterocycles. The van der Waals surface area contributed by atoms with Crippen LogP contribution >= 0.6 is 0 Å². The Balaban J connectivity index is 2.12. The molecule has 1 N–H and O–H groups in total. The highest BCUT2D eigenvalue weighted by Crippen LogP contribution is 2.30. The van der Waals surface area contributed by atoms with Gasteiger partial charge in [-0.2, -0.15) is 0 Å². The molecule has 1 aromatic carbocycles. The van der Waals surface area contributed by atoms with Crippen molar-refractivity contribution in [1.29, 1.82) is 0 Å². The average Bonchev–Trinajstić information content (AvgIpc) is 2.53. The molecule has 120 valence electrons.